The maximum absolute atomic E-state index is 5.81. The Balaban J connectivity index is 1.53. The average Bonchev–Trinajstić information content (AvgIpc) is 2.81. The van der Waals surface area contributed by atoms with E-state index in [9.17, 15) is 0 Å². The van der Waals surface area contributed by atoms with Crippen LogP contribution in [0.15, 0.2) is 73.2 Å². The standard InChI is InChI=1S/C23H30N6O/c1-30-23(22-10-4-7-13-28-22)29(16-14-24-18-20-8-2-5-11-26-20)17-15-25-19-21-9-3-6-12-27-21/h2-13,23-25H,14-19H2,1H3. The van der Waals surface area contributed by atoms with Gasteiger partial charge in [0.1, 0.15) is 0 Å². The number of hydrogen-bond acceptors (Lipinski definition) is 7. The van der Waals surface area contributed by atoms with Crippen LogP contribution >= 0.6 is 0 Å². The molecule has 0 aliphatic carbocycles. The minimum Gasteiger partial charge on any atom is -0.360 e. The molecular weight excluding hydrogens is 376 g/mol. The fourth-order valence-corrected chi connectivity index (χ4v) is 3.21. The monoisotopic (exact) mass is 406 g/mol. The SMILES string of the molecule is COC(c1ccccn1)N(CCNCc1ccccn1)CCNCc1ccccn1. The van der Waals surface area contributed by atoms with Gasteiger partial charge in [0, 0.05) is 65.0 Å². The predicted molar refractivity (Wildman–Crippen MR) is 117 cm³/mol. The molecule has 0 bridgehead atoms. The van der Waals surface area contributed by atoms with Gasteiger partial charge in [-0.05, 0) is 36.4 Å². The molecule has 7 heteroatoms. The first kappa shape index (κ1) is 22.0. The summed E-state index contributed by atoms with van der Waals surface area (Å²) in [6.07, 6.45) is 5.24. The molecular formula is C23H30N6O. The number of methoxy groups -OCH3 is 1. The van der Waals surface area contributed by atoms with E-state index >= 15 is 0 Å². The predicted octanol–water partition coefficient (Wildman–Crippen LogP) is 2.40. The van der Waals surface area contributed by atoms with Crippen molar-refractivity contribution in [1.29, 1.82) is 0 Å². The fraction of sp³-hybridized carbons (Fsp3) is 0.348. The van der Waals surface area contributed by atoms with Gasteiger partial charge in [-0.2, -0.15) is 0 Å². The van der Waals surface area contributed by atoms with Crippen molar-refractivity contribution in [3.8, 4) is 0 Å². The summed E-state index contributed by atoms with van der Waals surface area (Å²) in [5.74, 6) is 0. The Bertz CT molecular complexity index is 771. The molecule has 3 aromatic rings. The van der Waals surface area contributed by atoms with E-state index in [1.807, 2.05) is 67.0 Å². The Morgan fingerprint density at radius 2 is 1.30 bits per heavy atom. The van der Waals surface area contributed by atoms with Crippen LogP contribution in [0.3, 0.4) is 0 Å². The highest BCUT2D eigenvalue weighted by Crippen LogP contribution is 2.18. The Hall–Kier alpha value is -2.71. The van der Waals surface area contributed by atoms with Crippen molar-refractivity contribution in [2.24, 2.45) is 0 Å². The highest BCUT2D eigenvalue weighted by Gasteiger charge is 2.20. The Kier molecular flexibility index (Phi) is 9.36. The van der Waals surface area contributed by atoms with Gasteiger partial charge in [0.15, 0.2) is 6.23 Å². The van der Waals surface area contributed by atoms with Crippen LogP contribution in [0.1, 0.15) is 23.3 Å². The summed E-state index contributed by atoms with van der Waals surface area (Å²) in [6.45, 7) is 4.79. The summed E-state index contributed by atoms with van der Waals surface area (Å²) in [7, 11) is 1.73. The summed E-state index contributed by atoms with van der Waals surface area (Å²) in [6, 6.07) is 17.8. The van der Waals surface area contributed by atoms with E-state index in [-0.39, 0.29) is 6.23 Å². The number of aromatic nitrogens is 3. The summed E-state index contributed by atoms with van der Waals surface area (Å²) < 4.78 is 5.81. The first-order valence-corrected chi connectivity index (χ1v) is 10.3. The molecule has 3 heterocycles. The average molecular weight is 407 g/mol. The van der Waals surface area contributed by atoms with E-state index in [4.69, 9.17) is 4.74 Å². The van der Waals surface area contributed by atoms with Crippen LogP contribution in [0.4, 0.5) is 0 Å². The molecule has 0 amide bonds. The lowest BCUT2D eigenvalue weighted by Gasteiger charge is -2.30. The van der Waals surface area contributed by atoms with E-state index in [1.165, 1.54) is 0 Å². The van der Waals surface area contributed by atoms with Crippen molar-refractivity contribution in [2.75, 3.05) is 33.3 Å². The smallest absolute Gasteiger partial charge is 0.153 e. The van der Waals surface area contributed by atoms with Crippen molar-refractivity contribution >= 4 is 0 Å². The largest absolute Gasteiger partial charge is 0.360 e. The molecule has 0 aliphatic rings. The van der Waals surface area contributed by atoms with Crippen LogP contribution in [0.5, 0.6) is 0 Å². The quantitative estimate of drug-likeness (QED) is 0.333. The Morgan fingerprint density at radius 3 is 1.73 bits per heavy atom. The second-order valence-corrected chi connectivity index (χ2v) is 6.87. The maximum Gasteiger partial charge on any atom is 0.153 e. The second kappa shape index (κ2) is 12.8. The Morgan fingerprint density at radius 1 is 0.767 bits per heavy atom. The van der Waals surface area contributed by atoms with Crippen LogP contribution in [-0.2, 0) is 17.8 Å². The molecule has 3 rings (SSSR count). The highest BCUT2D eigenvalue weighted by molar-refractivity contribution is 5.07. The highest BCUT2D eigenvalue weighted by atomic mass is 16.5. The number of nitrogens with one attached hydrogen (secondary N) is 2. The normalized spacial score (nSPS) is 12.2. The summed E-state index contributed by atoms with van der Waals surface area (Å²) in [5.41, 5.74) is 2.98. The first-order valence-electron chi connectivity index (χ1n) is 10.3. The molecule has 2 N–H and O–H groups in total. The third-order valence-electron chi connectivity index (χ3n) is 4.71. The zero-order valence-corrected chi connectivity index (χ0v) is 17.4. The lowest BCUT2D eigenvalue weighted by molar-refractivity contribution is -0.0366. The number of ether oxygens (including phenoxy) is 1. The topological polar surface area (TPSA) is 75.2 Å². The molecule has 3 aromatic heterocycles. The third kappa shape index (κ3) is 7.27. The molecule has 0 saturated heterocycles. The molecule has 158 valence electrons. The van der Waals surface area contributed by atoms with E-state index < -0.39 is 0 Å². The van der Waals surface area contributed by atoms with Crippen molar-refractivity contribution in [1.82, 2.24) is 30.5 Å². The van der Waals surface area contributed by atoms with Crippen LogP contribution in [-0.4, -0.2) is 53.1 Å². The number of nitrogens with zero attached hydrogens (tertiary/aromatic N) is 4. The van der Waals surface area contributed by atoms with Gasteiger partial charge in [0.25, 0.3) is 0 Å². The minimum absolute atomic E-state index is 0.195. The molecule has 0 saturated carbocycles. The van der Waals surface area contributed by atoms with Gasteiger partial charge in [-0.25, -0.2) is 0 Å². The first-order chi connectivity index (χ1) is 14.9. The summed E-state index contributed by atoms with van der Waals surface area (Å²) in [4.78, 5) is 15.5. The third-order valence-corrected chi connectivity index (χ3v) is 4.71. The van der Waals surface area contributed by atoms with E-state index in [1.54, 1.807) is 13.3 Å². The van der Waals surface area contributed by atoms with Crippen molar-refractivity contribution in [3.05, 3.63) is 90.3 Å². The molecule has 1 atom stereocenters. The maximum atomic E-state index is 5.81. The molecule has 0 aromatic carbocycles. The number of pyridine rings is 3. The second-order valence-electron chi connectivity index (χ2n) is 6.87. The molecule has 0 fully saturated rings. The Labute approximate surface area is 178 Å². The zero-order valence-electron chi connectivity index (χ0n) is 17.4. The van der Waals surface area contributed by atoms with E-state index in [0.717, 1.165) is 56.4 Å². The van der Waals surface area contributed by atoms with Crippen molar-refractivity contribution in [2.45, 2.75) is 19.3 Å². The summed E-state index contributed by atoms with van der Waals surface area (Å²) >= 11 is 0. The van der Waals surface area contributed by atoms with E-state index in [0.29, 0.717) is 0 Å². The van der Waals surface area contributed by atoms with Crippen LogP contribution < -0.4 is 10.6 Å². The van der Waals surface area contributed by atoms with Gasteiger partial charge >= 0.3 is 0 Å². The summed E-state index contributed by atoms with van der Waals surface area (Å²) in [5, 5.41) is 6.94. The van der Waals surface area contributed by atoms with Crippen LogP contribution in [0.2, 0.25) is 0 Å². The fourth-order valence-electron chi connectivity index (χ4n) is 3.21. The molecule has 1 unspecified atom stereocenters. The molecule has 0 spiro atoms. The van der Waals surface area contributed by atoms with Gasteiger partial charge < -0.3 is 15.4 Å². The van der Waals surface area contributed by atoms with Gasteiger partial charge in [0.05, 0.1) is 17.1 Å². The molecule has 0 aliphatic heterocycles. The van der Waals surface area contributed by atoms with Crippen LogP contribution in [0, 0.1) is 0 Å². The number of hydrogen-bond donors (Lipinski definition) is 2. The zero-order chi connectivity index (χ0) is 20.9. The van der Waals surface area contributed by atoms with Gasteiger partial charge in [-0.15, -0.1) is 0 Å². The molecule has 7 nitrogen and oxygen atoms in total. The van der Waals surface area contributed by atoms with E-state index in [2.05, 4.69) is 30.5 Å². The van der Waals surface area contributed by atoms with Gasteiger partial charge in [-0.1, -0.05) is 18.2 Å². The van der Waals surface area contributed by atoms with Gasteiger partial charge in [0.2, 0.25) is 0 Å². The lowest BCUT2D eigenvalue weighted by atomic mass is 10.2. The molecule has 30 heavy (non-hydrogen) atoms. The number of rotatable bonds is 13. The van der Waals surface area contributed by atoms with Gasteiger partial charge in [-0.3, -0.25) is 19.9 Å². The molecule has 0 radical (unpaired) electrons. The van der Waals surface area contributed by atoms with Crippen molar-refractivity contribution in [3.63, 3.8) is 0 Å². The van der Waals surface area contributed by atoms with Crippen LogP contribution in [0.25, 0.3) is 0 Å². The lowest BCUT2D eigenvalue weighted by Crippen LogP contribution is -2.40. The minimum atomic E-state index is -0.195. The van der Waals surface area contributed by atoms with Crippen molar-refractivity contribution < 1.29 is 4.74 Å².